The molecule has 9 heteroatoms. The average Bonchev–Trinajstić information content (AvgIpc) is 3.05. The second-order valence-corrected chi connectivity index (χ2v) is 8.85. The van der Waals surface area contributed by atoms with Crippen molar-refractivity contribution in [2.24, 2.45) is 0 Å². The Labute approximate surface area is 157 Å². The lowest BCUT2D eigenvalue weighted by Gasteiger charge is -2.30. The summed E-state index contributed by atoms with van der Waals surface area (Å²) in [7, 11) is -1.67. The maximum atomic E-state index is 12.1. The lowest BCUT2D eigenvalue weighted by Crippen LogP contribution is -2.41. The molecule has 1 N–H and O–H groups in total. The molecule has 0 bridgehead atoms. The minimum atomic E-state index is -3.38. The number of ether oxygens (including phenoxy) is 1. The van der Waals surface area contributed by atoms with Gasteiger partial charge in [0.25, 0.3) is 5.91 Å². The molecule has 0 saturated heterocycles. The molecule has 1 aromatic carbocycles. The number of amides is 1. The van der Waals surface area contributed by atoms with Gasteiger partial charge in [-0.3, -0.25) is 9.52 Å². The van der Waals surface area contributed by atoms with Gasteiger partial charge in [-0.15, -0.1) is 11.3 Å². The highest BCUT2D eigenvalue weighted by molar-refractivity contribution is 7.92. The van der Waals surface area contributed by atoms with Gasteiger partial charge in [0, 0.05) is 18.0 Å². The standard InChI is InChI=1S/C17H21N3O4S2/c1-4-5-8-26(22,23)19-17-18-13(10-25-17)12-6-7-15-14(9-12)20(3)16(21)11(2)24-15/h6-7,9-11H,4-5,8H2,1-3H3,(H,18,19). The summed E-state index contributed by atoms with van der Waals surface area (Å²) in [5.74, 6) is 0.607. The minimum Gasteiger partial charge on any atom is -0.479 e. The number of likely N-dealkylation sites (N-methyl/N-ethyl adjacent to an activating group) is 1. The topological polar surface area (TPSA) is 88.6 Å². The van der Waals surface area contributed by atoms with Crippen LogP contribution in [0.3, 0.4) is 0 Å². The van der Waals surface area contributed by atoms with E-state index in [0.29, 0.717) is 28.7 Å². The van der Waals surface area contributed by atoms with E-state index in [1.807, 2.05) is 19.1 Å². The highest BCUT2D eigenvalue weighted by atomic mass is 32.2. The SMILES string of the molecule is CCCCS(=O)(=O)Nc1nc(-c2ccc3c(c2)N(C)C(=O)C(C)O3)cs1. The lowest BCUT2D eigenvalue weighted by molar-refractivity contribution is -0.125. The lowest BCUT2D eigenvalue weighted by atomic mass is 10.1. The Balaban J connectivity index is 1.83. The first-order chi connectivity index (χ1) is 12.3. The third-order valence-electron chi connectivity index (χ3n) is 4.11. The van der Waals surface area contributed by atoms with Gasteiger partial charge < -0.3 is 9.64 Å². The van der Waals surface area contributed by atoms with Gasteiger partial charge in [0.1, 0.15) is 5.75 Å². The zero-order valence-electron chi connectivity index (χ0n) is 14.9. The van der Waals surface area contributed by atoms with Crippen molar-refractivity contribution in [3.8, 4) is 17.0 Å². The highest BCUT2D eigenvalue weighted by Gasteiger charge is 2.29. The van der Waals surface area contributed by atoms with Crippen LogP contribution in [-0.2, 0) is 14.8 Å². The molecule has 1 aliphatic rings. The molecular weight excluding hydrogens is 374 g/mol. The van der Waals surface area contributed by atoms with E-state index in [9.17, 15) is 13.2 Å². The first-order valence-corrected chi connectivity index (χ1v) is 10.9. The van der Waals surface area contributed by atoms with Gasteiger partial charge >= 0.3 is 0 Å². The minimum absolute atomic E-state index is 0.0830. The molecule has 1 unspecified atom stereocenters. The van der Waals surface area contributed by atoms with E-state index in [0.717, 1.165) is 12.0 Å². The van der Waals surface area contributed by atoms with Crippen LogP contribution in [0.15, 0.2) is 23.6 Å². The molecule has 26 heavy (non-hydrogen) atoms. The molecule has 140 valence electrons. The second-order valence-electron chi connectivity index (χ2n) is 6.15. The fourth-order valence-electron chi connectivity index (χ4n) is 2.64. The number of aromatic nitrogens is 1. The van der Waals surface area contributed by atoms with Gasteiger partial charge in [-0.2, -0.15) is 0 Å². The first kappa shape index (κ1) is 18.7. The van der Waals surface area contributed by atoms with E-state index in [-0.39, 0.29) is 11.7 Å². The third kappa shape index (κ3) is 3.83. The van der Waals surface area contributed by atoms with Gasteiger partial charge in [-0.1, -0.05) is 13.3 Å². The number of carbonyl (C=O) groups excluding carboxylic acids is 1. The van der Waals surface area contributed by atoms with Gasteiger partial charge in [0.15, 0.2) is 11.2 Å². The molecule has 1 atom stereocenters. The predicted octanol–water partition coefficient (Wildman–Crippen LogP) is 3.10. The van der Waals surface area contributed by atoms with Crippen LogP contribution in [0.4, 0.5) is 10.8 Å². The van der Waals surface area contributed by atoms with E-state index in [1.165, 1.54) is 11.3 Å². The molecule has 0 fully saturated rings. The van der Waals surface area contributed by atoms with Crippen LogP contribution in [-0.4, -0.2) is 38.2 Å². The number of hydrogen-bond donors (Lipinski definition) is 1. The number of nitrogens with one attached hydrogen (secondary N) is 1. The van der Waals surface area contributed by atoms with Gasteiger partial charge in [0.2, 0.25) is 10.0 Å². The number of nitrogens with zero attached hydrogens (tertiary/aromatic N) is 2. The van der Waals surface area contributed by atoms with Gasteiger partial charge in [-0.05, 0) is 31.5 Å². The Morgan fingerprint density at radius 2 is 2.15 bits per heavy atom. The molecule has 1 aromatic heterocycles. The number of hydrogen-bond acceptors (Lipinski definition) is 6. The number of fused-ring (bicyclic) bond motifs is 1. The van der Waals surface area contributed by atoms with Crippen molar-refractivity contribution in [3.05, 3.63) is 23.6 Å². The van der Waals surface area contributed by atoms with Crippen molar-refractivity contribution in [1.82, 2.24) is 4.98 Å². The van der Waals surface area contributed by atoms with Crippen molar-refractivity contribution >= 4 is 38.1 Å². The van der Waals surface area contributed by atoms with Crippen LogP contribution in [0.2, 0.25) is 0 Å². The molecule has 0 aliphatic carbocycles. The zero-order chi connectivity index (χ0) is 18.9. The highest BCUT2D eigenvalue weighted by Crippen LogP contribution is 2.37. The van der Waals surface area contributed by atoms with E-state index < -0.39 is 16.1 Å². The Bertz CT molecular complexity index is 924. The summed E-state index contributed by atoms with van der Waals surface area (Å²) in [6, 6.07) is 5.47. The maximum Gasteiger partial charge on any atom is 0.267 e. The Hall–Kier alpha value is -2.13. The third-order valence-corrected chi connectivity index (χ3v) is 6.33. The molecule has 2 heterocycles. The summed E-state index contributed by atoms with van der Waals surface area (Å²) < 4.78 is 32.1. The molecule has 0 saturated carbocycles. The van der Waals surface area contributed by atoms with Crippen LogP contribution in [0.5, 0.6) is 5.75 Å². The van der Waals surface area contributed by atoms with Crippen LogP contribution >= 0.6 is 11.3 Å². The fourth-order valence-corrected chi connectivity index (χ4v) is 4.86. The van der Waals surface area contributed by atoms with Crippen molar-refractivity contribution < 1.29 is 17.9 Å². The van der Waals surface area contributed by atoms with E-state index in [1.54, 1.807) is 30.3 Å². The summed E-state index contributed by atoms with van der Waals surface area (Å²) in [4.78, 5) is 18.0. The van der Waals surface area contributed by atoms with E-state index >= 15 is 0 Å². The van der Waals surface area contributed by atoms with Crippen LogP contribution < -0.4 is 14.4 Å². The summed E-state index contributed by atoms with van der Waals surface area (Å²) in [5.41, 5.74) is 2.10. The molecule has 0 radical (unpaired) electrons. The molecule has 1 amide bonds. The Kier molecular flexibility index (Phi) is 5.19. The summed E-state index contributed by atoms with van der Waals surface area (Å²) >= 11 is 1.23. The summed E-state index contributed by atoms with van der Waals surface area (Å²) in [6.07, 6.45) is 0.908. The van der Waals surface area contributed by atoms with Crippen LogP contribution in [0, 0.1) is 0 Å². The summed E-state index contributed by atoms with van der Waals surface area (Å²) in [6.45, 7) is 3.66. The Morgan fingerprint density at radius 3 is 2.88 bits per heavy atom. The average molecular weight is 396 g/mol. The second kappa shape index (κ2) is 7.24. The van der Waals surface area contributed by atoms with Crippen molar-refractivity contribution in [3.63, 3.8) is 0 Å². The quantitative estimate of drug-likeness (QED) is 0.812. The van der Waals surface area contributed by atoms with Crippen molar-refractivity contribution in [2.75, 3.05) is 22.4 Å². The fraction of sp³-hybridized carbons (Fsp3) is 0.412. The zero-order valence-corrected chi connectivity index (χ0v) is 16.5. The Morgan fingerprint density at radius 1 is 1.38 bits per heavy atom. The molecule has 2 aromatic rings. The van der Waals surface area contributed by atoms with E-state index in [4.69, 9.17) is 4.74 Å². The predicted molar refractivity (Wildman–Crippen MR) is 103 cm³/mol. The summed E-state index contributed by atoms with van der Waals surface area (Å²) in [5, 5.41) is 2.12. The largest absolute Gasteiger partial charge is 0.479 e. The van der Waals surface area contributed by atoms with E-state index in [2.05, 4.69) is 9.71 Å². The maximum absolute atomic E-state index is 12.1. The number of unbranched alkanes of at least 4 members (excludes halogenated alkanes) is 1. The van der Waals surface area contributed by atoms with Crippen molar-refractivity contribution in [1.29, 1.82) is 0 Å². The first-order valence-electron chi connectivity index (χ1n) is 8.35. The number of carbonyl (C=O) groups is 1. The molecular formula is C17H21N3O4S2. The monoisotopic (exact) mass is 395 g/mol. The number of thiazole rings is 1. The number of rotatable bonds is 6. The van der Waals surface area contributed by atoms with Crippen molar-refractivity contribution in [2.45, 2.75) is 32.8 Å². The molecule has 1 aliphatic heterocycles. The number of anilines is 2. The van der Waals surface area contributed by atoms with Crippen LogP contribution in [0.25, 0.3) is 11.3 Å². The smallest absolute Gasteiger partial charge is 0.267 e. The normalized spacial score (nSPS) is 17.0. The number of sulfonamides is 1. The number of benzene rings is 1. The van der Waals surface area contributed by atoms with Gasteiger partial charge in [0.05, 0.1) is 17.1 Å². The van der Waals surface area contributed by atoms with Crippen LogP contribution in [0.1, 0.15) is 26.7 Å². The van der Waals surface area contributed by atoms with Gasteiger partial charge in [-0.25, -0.2) is 13.4 Å². The molecule has 0 spiro atoms. The molecule has 3 rings (SSSR count). The molecule has 7 nitrogen and oxygen atoms in total.